The Morgan fingerprint density at radius 3 is 2.76 bits per heavy atom. The zero-order valence-corrected chi connectivity index (χ0v) is 19.4. The smallest absolute Gasteiger partial charge is 0.226 e. The Balaban J connectivity index is 1.09. The Morgan fingerprint density at radius 1 is 1.12 bits per heavy atom. The first kappa shape index (κ1) is 22.4. The topological polar surface area (TPSA) is 84.1 Å². The molecule has 3 heterocycles. The first-order valence-electron chi connectivity index (χ1n) is 11.3. The highest BCUT2D eigenvalue weighted by Crippen LogP contribution is 2.29. The maximum Gasteiger partial charge on any atom is 0.226 e. The van der Waals surface area contributed by atoms with Crippen molar-refractivity contribution in [1.29, 1.82) is 0 Å². The molecule has 5 rings (SSSR count). The summed E-state index contributed by atoms with van der Waals surface area (Å²) in [5.41, 5.74) is 3.07. The summed E-state index contributed by atoms with van der Waals surface area (Å²) in [6, 6.07) is 16.4. The highest BCUT2D eigenvalue weighted by atomic mass is 32.1. The predicted octanol–water partition coefficient (Wildman–Crippen LogP) is 4.85. The van der Waals surface area contributed by atoms with Crippen LogP contribution < -0.4 is 5.32 Å². The van der Waals surface area contributed by atoms with Crippen molar-refractivity contribution < 1.29 is 13.7 Å². The molecule has 2 aromatic carbocycles. The molecule has 1 N–H and O–H groups in total. The summed E-state index contributed by atoms with van der Waals surface area (Å²) >= 11 is 1.56. The third kappa shape index (κ3) is 5.55. The lowest BCUT2D eigenvalue weighted by molar-refractivity contribution is -0.116. The standard InChI is InChI=1S/C25H24FN5O2S/c26-19-11-9-18(10-12-19)24-29-23(33-30-24)8-4-7-22(32)28-25-27-20-13-14-31(16-21(20)34-25)15-17-5-2-1-3-6-17/h1-3,5-6,9-12H,4,7-8,13-16H2,(H,27,28,32). The van der Waals surface area contributed by atoms with Crippen molar-refractivity contribution in [2.24, 2.45) is 0 Å². The number of rotatable bonds is 8. The van der Waals surface area contributed by atoms with Gasteiger partial charge in [-0.2, -0.15) is 4.98 Å². The molecule has 0 bridgehead atoms. The van der Waals surface area contributed by atoms with Crippen LogP contribution in [0.5, 0.6) is 0 Å². The molecule has 2 aromatic heterocycles. The number of thiazole rings is 1. The number of hydrogen-bond donors (Lipinski definition) is 1. The summed E-state index contributed by atoms with van der Waals surface area (Å²) in [6.07, 6.45) is 2.29. The number of fused-ring (bicyclic) bond motifs is 1. The minimum atomic E-state index is -0.316. The van der Waals surface area contributed by atoms with Crippen LogP contribution in [-0.2, 0) is 30.7 Å². The number of halogens is 1. The highest BCUT2D eigenvalue weighted by molar-refractivity contribution is 7.15. The third-order valence-electron chi connectivity index (χ3n) is 5.67. The summed E-state index contributed by atoms with van der Waals surface area (Å²) in [5.74, 6) is 0.471. The summed E-state index contributed by atoms with van der Waals surface area (Å²) in [6.45, 7) is 2.73. The van der Waals surface area contributed by atoms with E-state index in [-0.39, 0.29) is 11.7 Å². The lowest BCUT2D eigenvalue weighted by atomic mass is 10.1. The second-order valence-corrected chi connectivity index (χ2v) is 9.34. The van der Waals surface area contributed by atoms with E-state index in [9.17, 15) is 9.18 Å². The van der Waals surface area contributed by atoms with E-state index in [1.165, 1.54) is 22.6 Å². The van der Waals surface area contributed by atoms with Crippen LogP contribution in [0.3, 0.4) is 0 Å². The van der Waals surface area contributed by atoms with E-state index in [0.717, 1.165) is 31.7 Å². The Labute approximate surface area is 200 Å². The van der Waals surface area contributed by atoms with E-state index in [2.05, 4.69) is 49.6 Å². The monoisotopic (exact) mass is 477 g/mol. The molecule has 0 saturated heterocycles. The average Bonchev–Trinajstić information content (AvgIpc) is 3.46. The zero-order chi connectivity index (χ0) is 23.3. The van der Waals surface area contributed by atoms with Gasteiger partial charge in [-0.05, 0) is 36.2 Å². The molecule has 0 radical (unpaired) electrons. The Hall–Kier alpha value is -3.43. The van der Waals surface area contributed by atoms with Crippen molar-refractivity contribution in [2.45, 2.75) is 38.8 Å². The van der Waals surface area contributed by atoms with E-state index in [1.807, 2.05) is 6.07 Å². The molecule has 0 aliphatic carbocycles. The van der Waals surface area contributed by atoms with E-state index in [4.69, 9.17) is 4.52 Å². The van der Waals surface area contributed by atoms with Crippen molar-refractivity contribution in [3.05, 3.63) is 82.4 Å². The lowest BCUT2D eigenvalue weighted by Crippen LogP contribution is -2.29. The van der Waals surface area contributed by atoms with Gasteiger partial charge in [-0.25, -0.2) is 9.37 Å². The Morgan fingerprint density at radius 2 is 1.94 bits per heavy atom. The summed E-state index contributed by atoms with van der Waals surface area (Å²) in [5, 5.41) is 7.52. The second-order valence-electron chi connectivity index (χ2n) is 8.26. The van der Waals surface area contributed by atoms with Crippen LogP contribution in [0.15, 0.2) is 59.1 Å². The molecule has 7 nitrogen and oxygen atoms in total. The summed E-state index contributed by atoms with van der Waals surface area (Å²) in [7, 11) is 0. The van der Waals surface area contributed by atoms with Crippen molar-refractivity contribution in [2.75, 3.05) is 11.9 Å². The number of benzene rings is 2. The fourth-order valence-corrected chi connectivity index (χ4v) is 5.00. The molecule has 34 heavy (non-hydrogen) atoms. The number of carbonyl (C=O) groups excluding carboxylic acids is 1. The number of hydrogen-bond acceptors (Lipinski definition) is 7. The highest BCUT2D eigenvalue weighted by Gasteiger charge is 2.21. The van der Waals surface area contributed by atoms with Crippen LogP contribution in [0.1, 0.15) is 34.9 Å². The van der Waals surface area contributed by atoms with E-state index >= 15 is 0 Å². The maximum atomic E-state index is 13.1. The normalized spacial score (nSPS) is 13.6. The van der Waals surface area contributed by atoms with E-state index in [0.29, 0.717) is 41.7 Å². The zero-order valence-electron chi connectivity index (χ0n) is 18.5. The molecule has 0 fully saturated rings. The third-order valence-corrected chi connectivity index (χ3v) is 6.67. The minimum absolute atomic E-state index is 0.0782. The largest absolute Gasteiger partial charge is 0.339 e. The Kier molecular flexibility index (Phi) is 6.73. The van der Waals surface area contributed by atoms with Crippen molar-refractivity contribution in [3.8, 4) is 11.4 Å². The molecule has 4 aromatic rings. The number of nitrogens with zero attached hydrogens (tertiary/aromatic N) is 4. The number of carbonyl (C=O) groups is 1. The van der Waals surface area contributed by atoms with Gasteiger partial charge in [-0.3, -0.25) is 9.69 Å². The van der Waals surface area contributed by atoms with Gasteiger partial charge in [0.25, 0.3) is 0 Å². The van der Waals surface area contributed by atoms with Gasteiger partial charge >= 0.3 is 0 Å². The SMILES string of the molecule is O=C(CCCc1nc(-c2ccc(F)cc2)no1)Nc1nc2c(s1)CN(Cc1ccccc1)CC2. The summed E-state index contributed by atoms with van der Waals surface area (Å²) in [4.78, 5) is 25.0. The van der Waals surface area contributed by atoms with Crippen LogP contribution in [-0.4, -0.2) is 32.5 Å². The van der Waals surface area contributed by atoms with Crippen LogP contribution in [0.2, 0.25) is 0 Å². The van der Waals surface area contributed by atoms with E-state index < -0.39 is 0 Å². The average molecular weight is 478 g/mol. The van der Waals surface area contributed by atoms with Crippen LogP contribution >= 0.6 is 11.3 Å². The fraction of sp³-hybridized carbons (Fsp3) is 0.280. The van der Waals surface area contributed by atoms with E-state index in [1.54, 1.807) is 23.5 Å². The number of amides is 1. The quantitative estimate of drug-likeness (QED) is 0.391. The van der Waals surface area contributed by atoms with Gasteiger partial charge in [0.2, 0.25) is 17.6 Å². The van der Waals surface area contributed by atoms with Gasteiger partial charge in [-0.1, -0.05) is 35.5 Å². The Bertz CT molecular complexity index is 1260. The maximum absolute atomic E-state index is 13.1. The molecular formula is C25H24FN5O2S. The lowest BCUT2D eigenvalue weighted by Gasteiger charge is -2.25. The molecule has 1 aliphatic heterocycles. The van der Waals surface area contributed by atoms with Gasteiger partial charge in [0.05, 0.1) is 5.69 Å². The van der Waals surface area contributed by atoms with Gasteiger partial charge in [0, 0.05) is 49.3 Å². The summed E-state index contributed by atoms with van der Waals surface area (Å²) < 4.78 is 18.3. The molecule has 0 saturated carbocycles. The second kappa shape index (κ2) is 10.2. The van der Waals surface area contributed by atoms with Crippen molar-refractivity contribution in [3.63, 3.8) is 0 Å². The number of nitrogens with one attached hydrogen (secondary N) is 1. The van der Waals surface area contributed by atoms with Crippen LogP contribution in [0.4, 0.5) is 9.52 Å². The first-order chi connectivity index (χ1) is 16.6. The first-order valence-corrected chi connectivity index (χ1v) is 12.1. The molecule has 174 valence electrons. The molecule has 0 unspecified atom stereocenters. The number of anilines is 1. The van der Waals surface area contributed by atoms with Crippen LogP contribution in [0, 0.1) is 5.82 Å². The van der Waals surface area contributed by atoms with Gasteiger partial charge in [-0.15, -0.1) is 11.3 Å². The molecule has 9 heteroatoms. The van der Waals surface area contributed by atoms with Gasteiger partial charge in [0.15, 0.2) is 5.13 Å². The predicted molar refractivity (Wildman–Crippen MR) is 128 cm³/mol. The molecule has 0 atom stereocenters. The van der Waals surface area contributed by atoms with Gasteiger partial charge < -0.3 is 9.84 Å². The van der Waals surface area contributed by atoms with Crippen molar-refractivity contribution in [1.82, 2.24) is 20.0 Å². The number of aryl methyl sites for hydroxylation is 1. The minimum Gasteiger partial charge on any atom is -0.339 e. The molecule has 1 aliphatic rings. The molecule has 0 spiro atoms. The molecule has 1 amide bonds. The van der Waals surface area contributed by atoms with Gasteiger partial charge in [0.1, 0.15) is 5.82 Å². The molecular weight excluding hydrogens is 453 g/mol. The van der Waals surface area contributed by atoms with Crippen molar-refractivity contribution >= 4 is 22.4 Å². The van der Waals surface area contributed by atoms with Crippen LogP contribution in [0.25, 0.3) is 11.4 Å². The fourth-order valence-electron chi connectivity index (χ4n) is 3.93. The number of aromatic nitrogens is 3.